The maximum Gasteiger partial charge on any atom is 0.0755 e. The Morgan fingerprint density at radius 3 is 2.83 bits per heavy atom. The number of nitrogens with zero attached hydrogens (tertiary/aromatic N) is 1. The molecule has 2 unspecified atom stereocenters. The van der Waals surface area contributed by atoms with Crippen molar-refractivity contribution in [3.05, 3.63) is 29.3 Å². The molecule has 3 aliphatic rings. The second kappa shape index (κ2) is 4.25. The van der Waals surface area contributed by atoms with Gasteiger partial charge in [0.05, 0.1) is 12.2 Å². The summed E-state index contributed by atoms with van der Waals surface area (Å²) in [6, 6.07) is 6.79. The van der Waals surface area contributed by atoms with E-state index in [-0.39, 0.29) is 0 Å². The first-order chi connectivity index (χ1) is 8.90. The number of hydrogen-bond acceptors (Lipinski definition) is 3. The Hall–Kier alpha value is -1.06. The zero-order valence-corrected chi connectivity index (χ0v) is 10.7. The molecule has 1 aromatic rings. The minimum atomic E-state index is 0.469. The molecule has 0 aliphatic carbocycles. The predicted molar refractivity (Wildman–Crippen MR) is 72.0 cm³/mol. The van der Waals surface area contributed by atoms with Crippen molar-refractivity contribution >= 4 is 5.69 Å². The molecule has 2 saturated heterocycles. The second-order valence-corrected chi connectivity index (χ2v) is 5.70. The van der Waals surface area contributed by atoms with Crippen LogP contribution >= 0.6 is 0 Å². The summed E-state index contributed by atoms with van der Waals surface area (Å²) >= 11 is 0. The molecule has 2 atom stereocenters. The molecule has 3 heterocycles. The molecular weight excluding hydrogens is 224 g/mol. The van der Waals surface area contributed by atoms with Crippen LogP contribution in [0.25, 0.3) is 0 Å². The predicted octanol–water partition coefficient (Wildman–Crippen LogP) is 1.70. The van der Waals surface area contributed by atoms with E-state index in [2.05, 4.69) is 28.4 Å². The summed E-state index contributed by atoms with van der Waals surface area (Å²) in [5.74, 6) is 0. The minimum absolute atomic E-state index is 0.469. The lowest BCUT2D eigenvalue weighted by Gasteiger charge is -2.36. The lowest BCUT2D eigenvalue weighted by atomic mass is 9.98. The summed E-state index contributed by atoms with van der Waals surface area (Å²) in [4.78, 5) is 2.55. The van der Waals surface area contributed by atoms with Crippen LogP contribution in [0.15, 0.2) is 18.2 Å². The summed E-state index contributed by atoms with van der Waals surface area (Å²) in [6.45, 7) is 4.29. The van der Waals surface area contributed by atoms with Crippen molar-refractivity contribution in [1.29, 1.82) is 0 Å². The van der Waals surface area contributed by atoms with E-state index >= 15 is 0 Å². The van der Waals surface area contributed by atoms with E-state index in [4.69, 9.17) is 4.74 Å². The van der Waals surface area contributed by atoms with Gasteiger partial charge in [0.2, 0.25) is 0 Å². The molecule has 0 aromatic heterocycles. The van der Waals surface area contributed by atoms with Crippen LogP contribution in [-0.2, 0) is 17.7 Å². The Kier molecular flexibility index (Phi) is 2.55. The number of anilines is 1. The fraction of sp³-hybridized carbons (Fsp3) is 0.600. The van der Waals surface area contributed by atoms with Crippen LogP contribution in [0.3, 0.4) is 0 Å². The molecule has 0 amide bonds. The first-order valence-electron chi connectivity index (χ1n) is 7.12. The second-order valence-electron chi connectivity index (χ2n) is 5.70. The van der Waals surface area contributed by atoms with E-state index in [0.29, 0.717) is 12.2 Å². The number of benzene rings is 1. The van der Waals surface area contributed by atoms with Crippen molar-refractivity contribution in [1.82, 2.24) is 5.32 Å². The van der Waals surface area contributed by atoms with Crippen molar-refractivity contribution in [2.45, 2.75) is 38.0 Å². The molecule has 1 N–H and O–H groups in total. The normalized spacial score (nSPS) is 30.3. The molecule has 96 valence electrons. The van der Waals surface area contributed by atoms with Crippen LogP contribution < -0.4 is 10.2 Å². The quantitative estimate of drug-likeness (QED) is 0.814. The van der Waals surface area contributed by atoms with Gasteiger partial charge >= 0.3 is 0 Å². The molecule has 2 bridgehead atoms. The van der Waals surface area contributed by atoms with Gasteiger partial charge in [0.25, 0.3) is 0 Å². The van der Waals surface area contributed by atoms with Crippen LogP contribution in [0.1, 0.15) is 24.0 Å². The summed E-state index contributed by atoms with van der Waals surface area (Å²) in [5.41, 5.74) is 4.50. The molecular formula is C15H20N2O. The SMILES string of the molecule is c1cc2c(c(N3CC4CCC(C3)O4)c1)CNCC2. The Bertz CT molecular complexity index is 448. The van der Waals surface area contributed by atoms with E-state index < -0.39 is 0 Å². The monoisotopic (exact) mass is 244 g/mol. The third-order valence-corrected chi connectivity index (χ3v) is 4.51. The highest BCUT2D eigenvalue weighted by Gasteiger charge is 2.34. The Labute approximate surface area is 108 Å². The first-order valence-corrected chi connectivity index (χ1v) is 7.12. The van der Waals surface area contributed by atoms with Crippen LogP contribution in [0.2, 0.25) is 0 Å². The van der Waals surface area contributed by atoms with Crippen molar-refractivity contribution < 1.29 is 4.74 Å². The van der Waals surface area contributed by atoms with Gasteiger partial charge in [-0.3, -0.25) is 0 Å². The number of ether oxygens (including phenoxy) is 1. The molecule has 0 saturated carbocycles. The largest absolute Gasteiger partial charge is 0.371 e. The number of rotatable bonds is 1. The average molecular weight is 244 g/mol. The standard InChI is InChI=1S/C15H20N2O/c1-2-11-6-7-16-8-14(11)15(3-1)17-9-12-4-5-13(10-17)18-12/h1-3,12-13,16H,4-10H2. The van der Waals surface area contributed by atoms with Gasteiger partial charge < -0.3 is 15.0 Å². The smallest absolute Gasteiger partial charge is 0.0755 e. The van der Waals surface area contributed by atoms with Crippen LogP contribution in [0.4, 0.5) is 5.69 Å². The van der Waals surface area contributed by atoms with Crippen molar-refractivity contribution in [2.75, 3.05) is 24.5 Å². The highest BCUT2D eigenvalue weighted by Crippen LogP contribution is 2.33. The lowest BCUT2D eigenvalue weighted by Crippen LogP contribution is -2.43. The van der Waals surface area contributed by atoms with Crippen molar-refractivity contribution in [3.8, 4) is 0 Å². The highest BCUT2D eigenvalue weighted by molar-refractivity contribution is 5.58. The Morgan fingerprint density at radius 1 is 1.17 bits per heavy atom. The Morgan fingerprint density at radius 2 is 2.00 bits per heavy atom. The van der Waals surface area contributed by atoms with E-state index in [1.165, 1.54) is 36.1 Å². The number of fused-ring (bicyclic) bond motifs is 3. The molecule has 0 spiro atoms. The molecule has 18 heavy (non-hydrogen) atoms. The Balaban J connectivity index is 1.68. The summed E-state index contributed by atoms with van der Waals surface area (Å²) < 4.78 is 5.94. The van der Waals surface area contributed by atoms with Crippen molar-refractivity contribution in [3.63, 3.8) is 0 Å². The van der Waals surface area contributed by atoms with Gasteiger partial charge in [-0.1, -0.05) is 12.1 Å². The van der Waals surface area contributed by atoms with Crippen LogP contribution in [-0.4, -0.2) is 31.8 Å². The molecule has 1 aromatic carbocycles. The number of hydrogen-bond donors (Lipinski definition) is 1. The summed E-state index contributed by atoms with van der Waals surface area (Å²) in [7, 11) is 0. The molecule has 2 fully saturated rings. The highest BCUT2D eigenvalue weighted by atomic mass is 16.5. The van der Waals surface area contributed by atoms with Gasteiger partial charge in [-0.05, 0) is 43.0 Å². The van der Waals surface area contributed by atoms with Crippen molar-refractivity contribution in [2.24, 2.45) is 0 Å². The summed E-state index contributed by atoms with van der Waals surface area (Å²) in [6.07, 6.45) is 4.59. The van der Waals surface area contributed by atoms with E-state index in [0.717, 1.165) is 26.2 Å². The topological polar surface area (TPSA) is 24.5 Å². The van der Waals surface area contributed by atoms with E-state index in [9.17, 15) is 0 Å². The molecule has 3 nitrogen and oxygen atoms in total. The zero-order chi connectivity index (χ0) is 11.9. The summed E-state index contributed by atoms with van der Waals surface area (Å²) in [5, 5.41) is 3.50. The fourth-order valence-corrected chi connectivity index (χ4v) is 3.60. The number of nitrogens with one attached hydrogen (secondary N) is 1. The molecule has 0 radical (unpaired) electrons. The van der Waals surface area contributed by atoms with Gasteiger partial charge in [0, 0.05) is 25.3 Å². The van der Waals surface area contributed by atoms with Crippen LogP contribution in [0.5, 0.6) is 0 Å². The third-order valence-electron chi connectivity index (χ3n) is 4.51. The molecule has 3 heteroatoms. The zero-order valence-electron chi connectivity index (χ0n) is 10.7. The molecule has 3 aliphatic heterocycles. The fourth-order valence-electron chi connectivity index (χ4n) is 3.60. The van der Waals surface area contributed by atoms with Gasteiger partial charge in [0.15, 0.2) is 0 Å². The van der Waals surface area contributed by atoms with Crippen LogP contribution in [0, 0.1) is 0 Å². The van der Waals surface area contributed by atoms with Gasteiger partial charge in [-0.2, -0.15) is 0 Å². The van der Waals surface area contributed by atoms with Gasteiger partial charge in [0.1, 0.15) is 0 Å². The maximum atomic E-state index is 5.94. The van der Waals surface area contributed by atoms with E-state index in [1.807, 2.05) is 0 Å². The molecule has 4 rings (SSSR count). The maximum absolute atomic E-state index is 5.94. The lowest BCUT2D eigenvalue weighted by molar-refractivity contribution is 0.0304. The van der Waals surface area contributed by atoms with E-state index in [1.54, 1.807) is 0 Å². The number of morpholine rings is 1. The first kappa shape index (κ1) is 10.8. The average Bonchev–Trinajstić information content (AvgIpc) is 2.77. The third kappa shape index (κ3) is 1.73. The van der Waals surface area contributed by atoms with Gasteiger partial charge in [-0.15, -0.1) is 0 Å². The minimum Gasteiger partial charge on any atom is -0.371 e. The van der Waals surface area contributed by atoms with Gasteiger partial charge in [-0.25, -0.2) is 0 Å².